The number of allylic oxidation sites excluding steroid dienone is 1. The Morgan fingerprint density at radius 2 is 2.18 bits per heavy atom. The lowest BCUT2D eigenvalue weighted by Crippen LogP contribution is -2.44. The largest absolute Gasteiger partial charge is 0.508 e. The Balaban J connectivity index is 0.000001000. The third kappa shape index (κ3) is 2.22. The first-order valence-corrected chi connectivity index (χ1v) is 3.13. The lowest BCUT2D eigenvalue weighted by atomic mass is 9.93. The number of halogens is 1. The second-order valence-electron chi connectivity index (χ2n) is 2.60. The number of nitrogens with two attached hydrogens (primary N) is 1. The Morgan fingerprint density at radius 1 is 1.64 bits per heavy atom. The normalized spacial score (nSPS) is 35.9. The molecule has 4 heteroatoms. The van der Waals surface area contributed by atoms with Crippen molar-refractivity contribution in [1.29, 1.82) is 0 Å². The van der Waals surface area contributed by atoms with Gasteiger partial charge in [0.15, 0.2) is 0 Å². The van der Waals surface area contributed by atoms with E-state index in [1.807, 2.05) is 0 Å². The van der Waals surface area contributed by atoms with Gasteiger partial charge in [0.05, 0.1) is 0 Å². The minimum absolute atomic E-state index is 0. The third-order valence-corrected chi connectivity index (χ3v) is 1.67. The van der Waals surface area contributed by atoms with Gasteiger partial charge >= 0.3 is 0 Å². The maximum absolute atomic E-state index is 9.30. The first-order chi connectivity index (χ1) is 4.52. The van der Waals surface area contributed by atoms with Crippen LogP contribution in [0.3, 0.4) is 0 Å². The molecular weight excluding hydrogens is 166 g/mol. The Kier molecular flexibility index (Phi) is 3.11. The zero-order valence-corrected chi connectivity index (χ0v) is 7.01. The number of aliphatic hydroxyl groups excluding tert-OH is 1. The lowest BCUT2D eigenvalue weighted by Gasteiger charge is -2.26. The van der Waals surface area contributed by atoms with Crippen molar-refractivity contribution in [1.82, 2.24) is 0 Å². The second-order valence-corrected chi connectivity index (χ2v) is 2.60. The Morgan fingerprint density at radius 3 is 2.55 bits per heavy atom. The summed E-state index contributed by atoms with van der Waals surface area (Å²) in [7, 11) is 0. The molecule has 4 N–H and O–H groups in total. The summed E-state index contributed by atoms with van der Waals surface area (Å²) in [4.78, 5) is 0. The van der Waals surface area contributed by atoms with Gasteiger partial charge in [-0.2, -0.15) is 0 Å². The van der Waals surface area contributed by atoms with Crippen LogP contribution in [0.25, 0.3) is 0 Å². The summed E-state index contributed by atoms with van der Waals surface area (Å²) in [5.41, 5.74) is 4.10. The molecule has 0 aromatic heterocycles. The van der Waals surface area contributed by atoms with E-state index in [4.69, 9.17) is 10.8 Å². The van der Waals surface area contributed by atoms with E-state index in [1.54, 1.807) is 6.92 Å². The molecule has 0 fully saturated rings. The first kappa shape index (κ1) is 10.5. The second kappa shape index (κ2) is 3.26. The van der Waals surface area contributed by atoms with E-state index >= 15 is 0 Å². The number of hydrogen-bond donors (Lipinski definition) is 3. The minimum Gasteiger partial charge on any atom is -0.508 e. The molecule has 0 spiro atoms. The predicted molar refractivity (Wildman–Crippen MR) is 45.4 cm³/mol. The van der Waals surface area contributed by atoms with Crippen molar-refractivity contribution >= 4 is 12.4 Å². The maximum atomic E-state index is 9.30. The fraction of sp³-hybridized carbons (Fsp3) is 0.429. The van der Waals surface area contributed by atoms with Gasteiger partial charge in [-0.05, 0) is 18.2 Å². The van der Waals surface area contributed by atoms with Crippen LogP contribution in [0.2, 0.25) is 0 Å². The fourth-order valence-electron chi connectivity index (χ4n) is 0.816. The van der Waals surface area contributed by atoms with Gasteiger partial charge in [0, 0.05) is 5.92 Å². The molecule has 0 aliphatic heterocycles. The molecule has 64 valence electrons. The van der Waals surface area contributed by atoms with Crippen LogP contribution in [0.15, 0.2) is 24.0 Å². The molecule has 0 bridgehead atoms. The average molecular weight is 178 g/mol. The predicted octanol–water partition coefficient (Wildman–Crippen LogP) is 0.703. The maximum Gasteiger partial charge on any atom is 0.139 e. The summed E-state index contributed by atoms with van der Waals surface area (Å²) in [6, 6.07) is 0. The Bertz CT molecular complexity index is 199. The van der Waals surface area contributed by atoms with Crippen LogP contribution in [0.4, 0.5) is 0 Å². The van der Waals surface area contributed by atoms with Gasteiger partial charge in [-0.3, -0.25) is 5.73 Å². The van der Waals surface area contributed by atoms with Crippen LogP contribution in [0, 0.1) is 5.92 Å². The van der Waals surface area contributed by atoms with E-state index in [0.29, 0.717) is 0 Å². The van der Waals surface area contributed by atoms with Crippen molar-refractivity contribution < 1.29 is 10.2 Å². The molecule has 0 aromatic carbocycles. The molecular formula is C7H12ClNO2. The standard InChI is InChI=1S/C7H11NO2.ClH/c1-5-4-6(9)2-3-7(5,8)10;/h2-5,9-10H,8H2,1H3;1H/t5-,7+;/m0./s1. The summed E-state index contributed by atoms with van der Waals surface area (Å²) >= 11 is 0. The summed E-state index contributed by atoms with van der Waals surface area (Å²) < 4.78 is 0. The van der Waals surface area contributed by atoms with E-state index < -0.39 is 5.72 Å². The molecule has 0 saturated heterocycles. The van der Waals surface area contributed by atoms with Crippen LogP contribution in [0.5, 0.6) is 0 Å². The molecule has 0 aromatic rings. The van der Waals surface area contributed by atoms with Crippen molar-refractivity contribution in [2.45, 2.75) is 12.6 Å². The Labute approximate surface area is 71.6 Å². The van der Waals surface area contributed by atoms with Crippen LogP contribution < -0.4 is 5.73 Å². The number of rotatable bonds is 0. The van der Waals surface area contributed by atoms with Gasteiger partial charge in [-0.1, -0.05) is 6.92 Å². The molecule has 0 radical (unpaired) electrons. The van der Waals surface area contributed by atoms with Crippen molar-refractivity contribution in [2.75, 3.05) is 0 Å². The molecule has 0 unspecified atom stereocenters. The molecule has 3 nitrogen and oxygen atoms in total. The van der Waals surface area contributed by atoms with E-state index in [1.165, 1.54) is 18.2 Å². The topological polar surface area (TPSA) is 66.5 Å². The average Bonchev–Trinajstić information content (AvgIpc) is 1.81. The van der Waals surface area contributed by atoms with Gasteiger partial charge in [-0.15, -0.1) is 12.4 Å². The minimum atomic E-state index is -1.30. The smallest absolute Gasteiger partial charge is 0.139 e. The van der Waals surface area contributed by atoms with E-state index in [0.717, 1.165) is 0 Å². The zero-order valence-electron chi connectivity index (χ0n) is 6.19. The van der Waals surface area contributed by atoms with Crippen LogP contribution >= 0.6 is 12.4 Å². The summed E-state index contributed by atoms with van der Waals surface area (Å²) in [5, 5.41) is 18.2. The zero-order chi connectivity index (χ0) is 7.78. The van der Waals surface area contributed by atoms with E-state index in [-0.39, 0.29) is 24.1 Å². The number of hydrogen-bond acceptors (Lipinski definition) is 3. The first-order valence-electron chi connectivity index (χ1n) is 3.13. The summed E-state index contributed by atoms with van der Waals surface area (Å²) in [6.07, 6.45) is 4.28. The third-order valence-electron chi connectivity index (χ3n) is 1.67. The van der Waals surface area contributed by atoms with E-state index in [2.05, 4.69) is 0 Å². The molecule has 11 heavy (non-hydrogen) atoms. The molecule has 2 atom stereocenters. The lowest BCUT2D eigenvalue weighted by molar-refractivity contribution is 0.0576. The highest BCUT2D eigenvalue weighted by atomic mass is 35.5. The van der Waals surface area contributed by atoms with Crippen molar-refractivity contribution in [3.63, 3.8) is 0 Å². The van der Waals surface area contributed by atoms with Crippen molar-refractivity contribution in [3.8, 4) is 0 Å². The molecule has 0 amide bonds. The van der Waals surface area contributed by atoms with Crippen LogP contribution in [-0.4, -0.2) is 15.9 Å². The fourth-order valence-corrected chi connectivity index (χ4v) is 0.816. The quantitative estimate of drug-likeness (QED) is 0.478. The summed E-state index contributed by atoms with van der Waals surface area (Å²) in [6.45, 7) is 1.74. The molecule has 0 saturated carbocycles. The van der Waals surface area contributed by atoms with Gasteiger partial charge in [0.25, 0.3) is 0 Å². The van der Waals surface area contributed by atoms with Crippen LogP contribution in [0.1, 0.15) is 6.92 Å². The SMILES string of the molecule is C[C@H]1C=C(O)C=C[C@@]1(N)O.Cl. The molecule has 1 aliphatic rings. The summed E-state index contributed by atoms with van der Waals surface area (Å²) in [5.74, 6) is -0.0832. The monoisotopic (exact) mass is 177 g/mol. The van der Waals surface area contributed by atoms with E-state index in [9.17, 15) is 5.11 Å². The highest BCUT2D eigenvalue weighted by molar-refractivity contribution is 5.85. The van der Waals surface area contributed by atoms with Crippen LogP contribution in [-0.2, 0) is 0 Å². The van der Waals surface area contributed by atoms with Gasteiger partial charge < -0.3 is 10.2 Å². The molecule has 1 aliphatic carbocycles. The van der Waals surface area contributed by atoms with Crippen molar-refractivity contribution in [3.05, 3.63) is 24.0 Å². The highest BCUT2D eigenvalue weighted by Crippen LogP contribution is 2.20. The van der Waals surface area contributed by atoms with Crippen molar-refractivity contribution in [2.24, 2.45) is 11.7 Å². The van der Waals surface area contributed by atoms with Gasteiger partial charge in [0.1, 0.15) is 11.5 Å². The highest BCUT2D eigenvalue weighted by Gasteiger charge is 2.26. The van der Waals surface area contributed by atoms with Gasteiger partial charge in [-0.25, -0.2) is 0 Å². The van der Waals surface area contributed by atoms with Gasteiger partial charge in [0.2, 0.25) is 0 Å². The molecule has 0 heterocycles. The number of aliphatic hydroxyl groups is 2. The Hall–Kier alpha value is -0.510. The molecule has 1 rings (SSSR count).